The molecule has 1 aliphatic rings. The Labute approximate surface area is 107 Å². The van der Waals surface area contributed by atoms with Crippen LogP contribution in [0.5, 0.6) is 11.5 Å². The van der Waals surface area contributed by atoms with Crippen LogP contribution in [0.1, 0.15) is 18.0 Å². The van der Waals surface area contributed by atoms with E-state index in [-0.39, 0.29) is 24.3 Å². The first-order chi connectivity index (χ1) is 8.95. The van der Waals surface area contributed by atoms with Gasteiger partial charge in [0.25, 0.3) is 0 Å². The smallest absolute Gasteiger partial charge is 0.307 e. The maximum Gasteiger partial charge on any atom is 0.307 e. The molecule has 0 radical (unpaired) electrons. The molecule has 0 spiro atoms. The predicted octanol–water partition coefficient (Wildman–Crippen LogP) is 1.41. The number of rotatable bonds is 3. The fourth-order valence-electron chi connectivity index (χ4n) is 2.28. The van der Waals surface area contributed by atoms with Crippen molar-refractivity contribution in [3.05, 3.63) is 23.3 Å². The lowest BCUT2D eigenvalue weighted by molar-refractivity contribution is -0.141. The van der Waals surface area contributed by atoms with E-state index in [1.165, 1.54) is 7.11 Å². The summed E-state index contributed by atoms with van der Waals surface area (Å²) < 4.78 is 31.8. The maximum absolute atomic E-state index is 13.6. The van der Waals surface area contributed by atoms with E-state index in [2.05, 4.69) is 5.32 Å². The summed E-state index contributed by atoms with van der Waals surface area (Å²) in [4.78, 5) is 10.9. The molecule has 0 bridgehead atoms. The van der Waals surface area contributed by atoms with Crippen LogP contribution in [0.4, 0.5) is 8.78 Å². The molecule has 1 aliphatic heterocycles. The van der Waals surface area contributed by atoms with E-state index in [0.717, 1.165) is 0 Å². The monoisotopic (exact) mass is 273 g/mol. The quantitative estimate of drug-likeness (QED) is 0.776. The fourth-order valence-corrected chi connectivity index (χ4v) is 2.28. The van der Waals surface area contributed by atoms with Crippen molar-refractivity contribution in [2.75, 3.05) is 13.7 Å². The molecular formula is C12H13F2NO4. The van der Waals surface area contributed by atoms with Crippen molar-refractivity contribution in [3.8, 4) is 11.5 Å². The first kappa shape index (κ1) is 13.5. The van der Waals surface area contributed by atoms with Crippen molar-refractivity contribution in [2.45, 2.75) is 12.5 Å². The average molecular weight is 273 g/mol. The Kier molecular flexibility index (Phi) is 3.57. The first-order valence-corrected chi connectivity index (χ1v) is 5.66. The minimum atomic E-state index is -1.10. The summed E-state index contributed by atoms with van der Waals surface area (Å²) in [5.41, 5.74) is -0.0799. The lowest BCUT2D eigenvalue weighted by atomic mass is 9.98. The lowest BCUT2D eigenvalue weighted by Gasteiger charge is -2.17. The zero-order chi connectivity index (χ0) is 14.2. The second-order valence-electron chi connectivity index (χ2n) is 4.37. The van der Waals surface area contributed by atoms with E-state index < -0.39 is 35.3 Å². The number of ether oxygens (including phenoxy) is 1. The van der Waals surface area contributed by atoms with Crippen LogP contribution in [0.15, 0.2) is 6.07 Å². The highest BCUT2D eigenvalue weighted by Crippen LogP contribution is 2.41. The Balaban J connectivity index is 2.42. The summed E-state index contributed by atoms with van der Waals surface area (Å²) in [6.45, 7) is 0.167. The number of carboxylic acids is 1. The summed E-state index contributed by atoms with van der Waals surface area (Å²) in [7, 11) is 1.20. The normalized spacial score (nSPS) is 22.5. The van der Waals surface area contributed by atoms with Crippen molar-refractivity contribution in [1.82, 2.24) is 5.32 Å². The summed E-state index contributed by atoms with van der Waals surface area (Å²) in [6, 6.07) is -0.136. The molecule has 2 unspecified atom stereocenters. The number of benzene rings is 1. The molecule has 19 heavy (non-hydrogen) atoms. The van der Waals surface area contributed by atoms with Crippen LogP contribution >= 0.6 is 0 Å². The molecule has 2 rings (SSSR count). The molecular weight excluding hydrogens is 260 g/mol. The Morgan fingerprint density at radius 2 is 2.16 bits per heavy atom. The highest BCUT2D eigenvalue weighted by atomic mass is 19.1. The maximum atomic E-state index is 13.6. The van der Waals surface area contributed by atoms with Crippen LogP contribution in [-0.2, 0) is 4.79 Å². The molecule has 0 aromatic heterocycles. The zero-order valence-corrected chi connectivity index (χ0v) is 10.1. The van der Waals surface area contributed by atoms with Gasteiger partial charge in [0.05, 0.1) is 18.6 Å². The first-order valence-electron chi connectivity index (χ1n) is 5.66. The summed E-state index contributed by atoms with van der Waals surface area (Å²) in [6.07, 6.45) is 0.127. The van der Waals surface area contributed by atoms with E-state index in [1.807, 2.05) is 0 Å². The van der Waals surface area contributed by atoms with Crippen molar-refractivity contribution in [2.24, 2.45) is 5.92 Å². The molecule has 1 aromatic carbocycles. The second-order valence-corrected chi connectivity index (χ2v) is 4.37. The van der Waals surface area contributed by atoms with Crippen molar-refractivity contribution in [1.29, 1.82) is 0 Å². The van der Waals surface area contributed by atoms with Gasteiger partial charge in [0.15, 0.2) is 23.1 Å². The molecule has 7 heteroatoms. The van der Waals surface area contributed by atoms with E-state index in [1.54, 1.807) is 0 Å². The van der Waals surface area contributed by atoms with Crippen LogP contribution in [0, 0.1) is 17.6 Å². The van der Waals surface area contributed by atoms with Gasteiger partial charge in [-0.3, -0.25) is 4.79 Å². The van der Waals surface area contributed by atoms with Gasteiger partial charge in [-0.2, -0.15) is 0 Å². The third-order valence-corrected chi connectivity index (χ3v) is 3.23. The topological polar surface area (TPSA) is 78.8 Å². The molecule has 1 fully saturated rings. The van der Waals surface area contributed by atoms with Crippen LogP contribution in [0.2, 0.25) is 0 Å². The molecule has 2 atom stereocenters. The van der Waals surface area contributed by atoms with E-state index in [9.17, 15) is 18.7 Å². The van der Waals surface area contributed by atoms with Gasteiger partial charge < -0.3 is 20.3 Å². The largest absolute Gasteiger partial charge is 0.504 e. The molecule has 1 aromatic rings. The predicted molar refractivity (Wildman–Crippen MR) is 61.1 cm³/mol. The van der Waals surface area contributed by atoms with Gasteiger partial charge in [-0.1, -0.05) is 0 Å². The third-order valence-electron chi connectivity index (χ3n) is 3.23. The number of carboxylic acid groups (broad SMARTS) is 1. The van der Waals surface area contributed by atoms with Gasteiger partial charge in [-0.05, 0) is 6.42 Å². The lowest BCUT2D eigenvalue weighted by Crippen LogP contribution is -2.18. The number of halogens is 2. The van der Waals surface area contributed by atoms with Crippen LogP contribution < -0.4 is 10.1 Å². The molecule has 0 saturated carbocycles. The highest BCUT2D eigenvalue weighted by molar-refractivity contribution is 5.71. The van der Waals surface area contributed by atoms with Crippen LogP contribution in [-0.4, -0.2) is 29.8 Å². The van der Waals surface area contributed by atoms with Crippen molar-refractivity contribution < 1.29 is 28.5 Å². The van der Waals surface area contributed by atoms with Gasteiger partial charge in [0.2, 0.25) is 0 Å². The minimum Gasteiger partial charge on any atom is -0.504 e. The Hall–Kier alpha value is -1.89. The third kappa shape index (κ3) is 2.33. The number of phenols is 1. The van der Waals surface area contributed by atoms with Gasteiger partial charge in [-0.15, -0.1) is 0 Å². The number of hydrogen-bond donors (Lipinski definition) is 3. The van der Waals surface area contributed by atoms with E-state index in [4.69, 9.17) is 9.84 Å². The van der Waals surface area contributed by atoms with Gasteiger partial charge in [0, 0.05) is 18.7 Å². The molecule has 0 amide bonds. The van der Waals surface area contributed by atoms with Gasteiger partial charge >= 0.3 is 5.97 Å². The number of methoxy groups -OCH3 is 1. The number of aliphatic carboxylic acids is 1. The van der Waals surface area contributed by atoms with Crippen molar-refractivity contribution in [3.63, 3.8) is 0 Å². The van der Waals surface area contributed by atoms with Gasteiger partial charge in [0.1, 0.15) is 0 Å². The number of carbonyl (C=O) groups is 1. The molecule has 1 saturated heterocycles. The standard InChI is InChI=1S/C12H13F2NO4/c1-19-11-7(14)3-6(13)10(16)9(11)8-2-5(4-15-8)12(17)18/h3,5,8,15-16H,2,4H2,1H3,(H,17,18). The average Bonchev–Trinajstić information content (AvgIpc) is 2.82. The SMILES string of the molecule is COc1c(F)cc(F)c(O)c1C1CC(C(=O)O)CN1. The minimum absolute atomic E-state index is 0.0799. The van der Waals surface area contributed by atoms with E-state index in [0.29, 0.717) is 6.07 Å². The molecule has 104 valence electrons. The zero-order valence-electron chi connectivity index (χ0n) is 10.1. The van der Waals surface area contributed by atoms with Gasteiger partial charge in [-0.25, -0.2) is 8.78 Å². The Morgan fingerprint density at radius 3 is 2.68 bits per heavy atom. The van der Waals surface area contributed by atoms with E-state index >= 15 is 0 Å². The summed E-state index contributed by atoms with van der Waals surface area (Å²) in [5.74, 6) is -4.70. The molecule has 3 N–H and O–H groups in total. The summed E-state index contributed by atoms with van der Waals surface area (Å²) >= 11 is 0. The number of nitrogens with one attached hydrogen (secondary N) is 1. The Bertz CT molecular complexity index is 521. The molecule has 0 aliphatic carbocycles. The highest BCUT2D eigenvalue weighted by Gasteiger charge is 2.35. The van der Waals surface area contributed by atoms with Crippen LogP contribution in [0.25, 0.3) is 0 Å². The number of hydrogen-bond acceptors (Lipinski definition) is 4. The number of aromatic hydroxyl groups is 1. The second kappa shape index (κ2) is 5.00. The van der Waals surface area contributed by atoms with Crippen LogP contribution in [0.3, 0.4) is 0 Å². The number of phenolic OH excluding ortho intramolecular Hbond substituents is 1. The Morgan fingerprint density at radius 1 is 1.47 bits per heavy atom. The molecule has 1 heterocycles. The molecule has 5 nitrogen and oxygen atoms in total. The fraction of sp³-hybridized carbons (Fsp3) is 0.417. The summed E-state index contributed by atoms with van der Waals surface area (Å²) in [5, 5.41) is 21.4. The van der Waals surface area contributed by atoms with Crippen molar-refractivity contribution >= 4 is 5.97 Å².